The number of hydrogen-bond donors (Lipinski definition) is 1. The van der Waals surface area contributed by atoms with E-state index in [2.05, 4.69) is 59.7 Å². The fourth-order valence-corrected chi connectivity index (χ4v) is 4.02. The van der Waals surface area contributed by atoms with Gasteiger partial charge >= 0.3 is 0 Å². The molecular weight excluding hydrogens is 276 g/mol. The van der Waals surface area contributed by atoms with Gasteiger partial charge in [0.05, 0.1) is 0 Å². The highest BCUT2D eigenvalue weighted by molar-refractivity contribution is 7.99. The number of fused-ring (bicyclic) bond motifs is 1. The molecule has 1 atom stereocenters. The summed E-state index contributed by atoms with van der Waals surface area (Å²) >= 11 is 1.94. The second kappa shape index (κ2) is 7.19. The van der Waals surface area contributed by atoms with Crippen LogP contribution in [0.3, 0.4) is 0 Å². The molecule has 21 heavy (non-hydrogen) atoms. The first kappa shape index (κ1) is 14.7. The van der Waals surface area contributed by atoms with Crippen molar-refractivity contribution in [1.82, 2.24) is 9.88 Å². The monoisotopic (exact) mass is 300 g/mol. The summed E-state index contributed by atoms with van der Waals surface area (Å²) in [7, 11) is 2.09. The van der Waals surface area contributed by atoms with Gasteiger partial charge < -0.3 is 9.88 Å². The van der Waals surface area contributed by atoms with E-state index in [-0.39, 0.29) is 0 Å². The predicted molar refractivity (Wildman–Crippen MR) is 91.0 cm³/mol. The van der Waals surface area contributed by atoms with E-state index >= 15 is 0 Å². The zero-order valence-electron chi connectivity index (χ0n) is 12.7. The second-order valence-corrected chi connectivity index (χ2v) is 6.89. The number of benzene rings is 1. The highest BCUT2D eigenvalue weighted by Crippen LogP contribution is 2.29. The number of nitrogens with one attached hydrogen (secondary N) is 1. The van der Waals surface area contributed by atoms with Crippen LogP contribution in [-0.4, -0.2) is 17.4 Å². The van der Waals surface area contributed by atoms with Gasteiger partial charge in [-0.05, 0) is 49.6 Å². The maximum absolute atomic E-state index is 3.48. The van der Waals surface area contributed by atoms with Gasteiger partial charge in [-0.3, -0.25) is 0 Å². The van der Waals surface area contributed by atoms with Crippen LogP contribution in [0.15, 0.2) is 47.6 Å². The number of aryl methyl sites for hydroxylation is 2. The van der Waals surface area contributed by atoms with Crippen molar-refractivity contribution in [2.45, 2.75) is 43.2 Å². The molecule has 0 spiro atoms. The molecule has 0 amide bonds. The molecule has 0 radical (unpaired) electrons. The molecule has 1 unspecified atom stereocenters. The molecule has 1 aliphatic rings. The van der Waals surface area contributed by atoms with Crippen LogP contribution >= 0.6 is 11.8 Å². The van der Waals surface area contributed by atoms with E-state index < -0.39 is 0 Å². The van der Waals surface area contributed by atoms with Crippen LogP contribution in [0.5, 0.6) is 0 Å². The Morgan fingerprint density at radius 3 is 2.86 bits per heavy atom. The Labute approximate surface area is 131 Å². The zero-order valence-corrected chi connectivity index (χ0v) is 13.5. The summed E-state index contributed by atoms with van der Waals surface area (Å²) in [6, 6.07) is 11.2. The van der Waals surface area contributed by atoms with Gasteiger partial charge in [-0.2, -0.15) is 0 Å². The van der Waals surface area contributed by atoms with Gasteiger partial charge in [-0.1, -0.05) is 24.6 Å². The molecule has 3 rings (SSSR count). The number of nitrogens with zero attached hydrogens (tertiary/aromatic N) is 1. The first-order valence-electron chi connectivity index (χ1n) is 7.90. The third kappa shape index (κ3) is 3.72. The zero-order chi connectivity index (χ0) is 14.5. The largest absolute Gasteiger partial charge is 0.353 e. The summed E-state index contributed by atoms with van der Waals surface area (Å²) in [4.78, 5) is 1.36. The van der Waals surface area contributed by atoms with E-state index in [4.69, 9.17) is 0 Å². The van der Waals surface area contributed by atoms with Gasteiger partial charge in [0.15, 0.2) is 0 Å². The summed E-state index contributed by atoms with van der Waals surface area (Å²) < 4.78 is 2.39. The van der Waals surface area contributed by atoms with Crippen LogP contribution in [0.1, 0.15) is 36.4 Å². The van der Waals surface area contributed by atoms with Crippen LogP contribution in [0.2, 0.25) is 0 Å². The lowest BCUT2D eigenvalue weighted by molar-refractivity contribution is 0.530. The molecule has 1 aromatic carbocycles. The topological polar surface area (TPSA) is 17.0 Å². The fourth-order valence-electron chi connectivity index (χ4n) is 3.13. The Morgan fingerprint density at radius 2 is 2.05 bits per heavy atom. The van der Waals surface area contributed by atoms with Crippen LogP contribution < -0.4 is 5.32 Å². The van der Waals surface area contributed by atoms with Crippen molar-refractivity contribution in [3.63, 3.8) is 0 Å². The number of rotatable bonds is 5. The SMILES string of the molecule is CNC1CCCCc2cn(CCSc3ccccc3)cc21. The van der Waals surface area contributed by atoms with E-state index in [1.54, 1.807) is 5.56 Å². The minimum absolute atomic E-state index is 0.547. The summed E-state index contributed by atoms with van der Waals surface area (Å²) in [6.07, 6.45) is 9.92. The van der Waals surface area contributed by atoms with E-state index in [1.165, 1.54) is 36.1 Å². The van der Waals surface area contributed by atoms with Gasteiger partial charge in [0, 0.05) is 35.6 Å². The van der Waals surface area contributed by atoms with Crippen molar-refractivity contribution < 1.29 is 0 Å². The molecule has 2 aromatic rings. The van der Waals surface area contributed by atoms with E-state index in [0.29, 0.717) is 6.04 Å². The lowest BCUT2D eigenvalue weighted by Gasteiger charge is -2.13. The quantitative estimate of drug-likeness (QED) is 0.656. The van der Waals surface area contributed by atoms with Gasteiger partial charge in [0.25, 0.3) is 0 Å². The number of aromatic nitrogens is 1. The maximum atomic E-state index is 3.48. The molecule has 1 heterocycles. The van der Waals surface area contributed by atoms with Gasteiger partial charge in [-0.25, -0.2) is 0 Å². The lowest BCUT2D eigenvalue weighted by atomic mass is 10.1. The summed E-state index contributed by atoms with van der Waals surface area (Å²) in [5, 5.41) is 3.48. The van der Waals surface area contributed by atoms with E-state index in [1.807, 2.05) is 11.8 Å². The average Bonchev–Trinajstić information content (AvgIpc) is 2.82. The summed E-state index contributed by atoms with van der Waals surface area (Å²) in [6.45, 7) is 1.09. The number of hydrogen-bond acceptors (Lipinski definition) is 2. The van der Waals surface area contributed by atoms with Gasteiger partial charge in [0.1, 0.15) is 0 Å². The standard InChI is InChI=1S/C18H24N2S/c1-19-18-10-6-5-7-15-13-20(14-17(15)18)11-12-21-16-8-3-2-4-9-16/h2-4,8-9,13-14,18-19H,5-7,10-12H2,1H3. The Kier molecular flexibility index (Phi) is 5.04. The highest BCUT2D eigenvalue weighted by Gasteiger charge is 2.18. The third-order valence-corrected chi connectivity index (χ3v) is 5.26. The molecule has 2 nitrogen and oxygen atoms in total. The Morgan fingerprint density at radius 1 is 1.19 bits per heavy atom. The molecule has 1 aliphatic carbocycles. The van der Waals surface area contributed by atoms with Crippen molar-refractivity contribution >= 4 is 11.8 Å². The normalized spacial score (nSPS) is 18.2. The molecule has 0 saturated heterocycles. The van der Waals surface area contributed by atoms with Gasteiger partial charge in [0.2, 0.25) is 0 Å². The van der Waals surface area contributed by atoms with Crippen LogP contribution in [-0.2, 0) is 13.0 Å². The highest BCUT2D eigenvalue weighted by atomic mass is 32.2. The Hall–Kier alpha value is -1.19. The minimum atomic E-state index is 0.547. The van der Waals surface area contributed by atoms with Crippen molar-refractivity contribution in [2.24, 2.45) is 0 Å². The smallest absolute Gasteiger partial charge is 0.0335 e. The van der Waals surface area contributed by atoms with Crippen LogP contribution in [0.4, 0.5) is 0 Å². The molecule has 1 aromatic heterocycles. The van der Waals surface area contributed by atoms with E-state index in [0.717, 1.165) is 12.3 Å². The fraction of sp³-hybridized carbons (Fsp3) is 0.444. The second-order valence-electron chi connectivity index (χ2n) is 5.73. The molecular formula is C18H24N2S. The lowest BCUT2D eigenvalue weighted by Crippen LogP contribution is -2.15. The molecule has 112 valence electrons. The first-order chi connectivity index (χ1) is 10.4. The Balaban J connectivity index is 1.62. The molecule has 0 bridgehead atoms. The maximum Gasteiger partial charge on any atom is 0.0335 e. The summed E-state index contributed by atoms with van der Waals surface area (Å²) in [5.41, 5.74) is 3.08. The van der Waals surface area contributed by atoms with E-state index in [9.17, 15) is 0 Å². The average molecular weight is 300 g/mol. The number of thioether (sulfide) groups is 1. The van der Waals surface area contributed by atoms with Crippen molar-refractivity contribution in [3.05, 3.63) is 53.9 Å². The molecule has 0 aliphatic heterocycles. The molecule has 0 fully saturated rings. The first-order valence-corrected chi connectivity index (χ1v) is 8.89. The molecule has 1 N–H and O–H groups in total. The van der Waals surface area contributed by atoms with Gasteiger partial charge in [-0.15, -0.1) is 11.8 Å². The summed E-state index contributed by atoms with van der Waals surface area (Å²) in [5.74, 6) is 1.13. The van der Waals surface area contributed by atoms with Crippen LogP contribution in [0, 0.1) is 0 Å². The van der Waals surface area contributed by atoms with Crippen molar-refractivity contribution in [2.75, 3.05) is 12.8 Å². The minimum Gasteiger partial charge on any atom is -0.353 e. The third-order valence-electron chi connectivity index (χ3n) is 4.27. The Bertz CT molecular complexity index is 562. The molecule has 0 saturated carbocycles. The molecule has 3 heteroatoms. The predicted octanol–water partition coefficient (Wildman–Crippen LogP) is 4.27. The van der Waals surface area contributed by atoms with Crippen molar-refractivity contribution in [1.29, 1.82) is 0 Å². The van der Waals surface area contributed by atoms with Crippen molar-refractivity contribution in [3.8, 4) is 0 Å². The van der Waals surface area contributed by atoms with Crippen LogP contribution in [0.25, 0.3) is 0 Å².